The van der Waals surface area contributed by atoms with Gasteiger partial charge in [0.05, 0.1) is 0 Å². The first-order valence-electron chi connectivity index (χ1n) is 7.25. The number of anilines is 1. The van der Waals surface area contributed by atoms with Gasteiger partial charge in [0.1, 0.15) is 11.6 Å². The van der Waals surface area contributed by atoms with E-state index in [1.165, 1.54) is 6.42 Å². The molecule has 3 rings (SSSR count). The summed E-state index contributed by atoms with van der Waals surface area (Å²) in [5.74, 6) is 5.01. The summed E-state index contributed by atoms with van der Waals surface area (Å²) in [6, 6.07) is 6.04. The first kappa shape index (κ1) is 13.2. The molecule has 2 heterocycles. The van der Waals surface area contributed by atoms with Gasteiger partial charge in [0.25, 0.3) is 0 Å². The number of hydrogen-bond donors (Lipinski definition) is 1. The van der Waals surface area contributed by atoms with Gasteiger partial charge in [-0.05, 0) is 30.4 Å². The fourth-order valence-corrected chi connectivity index (χ4v) is 2.39. The topological polar surface area (TPSA) is 51.0 Å². The summed E-state index contributed by atoms with van der Waals surface area (Å²) in [4.78, 5) is 9.12. The van der Waals surface area contributed by atoms with Crippen LogP contribution in [0.5, 0.6) is 0 Å². The highest BCUT2D eigenvalue weighted by Crippen LogP contribution is 2.47. The molecule has 0 bridgehead atoms. The number of furan rings is 1. The molecule has 0 radical (unpaired) electrons. The fraction of sp³-hybridized carbons (Fsp3) is 0.500. The first-order valence-corrected chi connectivity index (χ1v) is 7.25. The summed E-state index contributed by atoms with van der Waals surface area (Å²) in [6.07, 6.45) is 1.22. The molecule has 0 aromatic carbocycles. The Morgan fingerprint density at radius 2 is 2.05 bits per heavy atom. The minimum Gasteiger partial charge on any atom is -0.457 e. The molecular formula is C16H21N3O. The molecule has 0 aliphatic heterocycles. The van der Waals surface area contributed by atoms with Crippen LogP contribution in [0.4, 0.5) is 5.82 Å². The van der Waals surface area contributed by atoms with Crippen LogP contribution in [0.3, 0.4) is 0 Å². The van der Waals surface area contributed by atoms with Crippen molar-refractivity contribution < 1.29 is 4.42 Å². The van der Waals surface area contributed by atoms with Gasteiger partial charge in [0.2, 0.25) is 0 Å². The second kappa shape index (κ2) is 4.93. The molecular weight excluding hydrogens is 250 g/mol. The van der Waals surface area contributed by atoms with Gasteiger partial charge in [-0.15, -0.1) is 0 Å². The predicted molar refractivity (Wildman–Crippen MR) is 79.9 cm³/mol. The Balaban J connectivity index is 1.96. The minimum atomic E-state index is 0.363. The number of aromatic nitrogens is 2. The average molecular weight is 271 g/mol. The zero-order valence-electron chi connectivity index (χ0n) is 12.5. The van der Waals surface area contributed by atoms with E-state index in [9.17, 15) is 0 Å². The SMILES string of the molecule is CNc1cc(C(C)C)nc(-c2ccc(C3CC3C)o2)n1. The van der Waals surface area contributed by atoms with E-state index in [1.807, 2.05) is 19.2 Å². The lowest BCUT2D eigenvalue weighted by Gasteiger charge is -2.08. The van der Waals surface area contributed by atoms with Crippen molar-refractivity contribution in [2.45, 2.75) is 39.0 Å². The van der Waals surface area contributed by atoms with Crippen molar-refractivity contribution in [2.24, 2.45) is 5.92 Å². The van der Waals surface area contributed by atoms with Crippen molar-refractivity contribution in [2.75, 3.05) is 12.4 Å². The Hall–Kier alpha value is -1.84. The third-order valence-corrected chi connectivity index (χ3v) is 3.92. The molecule has 106 valence electrons. The van der Waals surface area contributed by atoms with Crippen molar-refractivity contribution in [3.63, 3.8) is 0 Å². The van der Waals surface area contributed by atoms with E-state index in [1.54, 1.807) is 0 Å². The average Bonchev–Trinajstić information content (AvgIpc) is 2.99. The molecule has 2 aromatic heterocycles. The largest absolute Gasteiger partial charge is 0.457 e. The molecule has 1 N–H and O–H groups in total. The van der Waals surface area contributed by atoms with Crippen molar-refractivity contribution >= 4 is 5.82 Å². The second-order valence-electron chi connectivity index (χ2n) is 5.93. The zero-order valence-corrected chi connectivity index (χ0v) is 12.5. The lowest BCUT2D eigenvalue weighted by atomic mass is 10.1. The summed E-state index contributed by atoms with van der Waals surface area (Å²) in [5.41, 5.74) is 1.03. The highest BCUT2D eigenvalue weighted by molar-refractivity contribution is 5.52. The zero-order chi connectivity index (χ0) is 14.3. The van der Waals surface area contributed by atoms with Crippen LogP contribution in [0.25, 0.3) is 11.6 Å². The molecule has 0 spiro atoms. The van der Waals surface area contributed by atoms with Gasteiger partial charge < -0.3 is 9.73 Å². The van der Waals surface area contributed by atoms with E-state index in [0.717, 1.165) is 29.0 Å². The maximum absolute atomic E-state index is 5.95. The van der Waals surface area contributed by atoms with Gasteiger partial charge in [-0.2, -0.15) is 0 Å². The van der Waals surface area contributed by atoms with Crippen LogP contribution < -0.4 is 5.32 Å². The van der Waals surface area contributed by atoms with Crippen LogP contribution >= 0.6 is 0 Å². The molecule has 1 fully saturated rings. The molecule has 4 heteroatoms. The van der Waals surface area contributed by atoms with E-state index in [0.29, 0.717) is 17.7 Å². The van der Waals surface area contributed by atoms with Crippen LogP contribution in [-0.4, -0.2) is 17.0 Å². The summed E-state index contributed by atoms with van der Waals surface area (Å²) in [5, 5.41) is 3.09. The number of hydrogen-bond acceptors (Lipinski definition) is 4. The monoisotopic (exact) mass is 271 g/mol. The van der Waals surface area contributed by atoms with Gasteiger partial charge in [-0.3, -0.25) is 0 Å². The highest BCUT2D eigenvalue weighted by Gasteiger charge is 2.36. The minimum absolute atomic E-state index is 0.363. The molecule has 2 unspecified atom stereocenters. The Morgan fingerprint density at radius 3 is 2.65 bits per heavy atom. The Bertz CT molecular complexity index is 618. The lowest BCUT2D eigenvalue weighted by Crippen LogP contribution is -2.01. The predicted octanol–water partition coefficient (Wildman–Crippen LogP) is 4.03. The molecule has 0 amide bonds. The van der Waals surface area contributed by atoms with E-state index >= 15 is 0 Å². The molecule has 2 atom stereocenters. The van der Waals surface area contributed by atoms with Gasteiger partial charge in [0.15, 0.2) is 11.6 Å². The lowest BCUT2D eigenvalue weighted by molar-refractivity contribution is 0.514. The van der Waals surface area contributed by atoms with Crippen molar-refractivity contribution in [3.05, 3.63) is 29.7 Å². The highest BCUT2D eigenvalue weighted by atomic mass is 16.3. The molecule has 1 saturated carbocycles. The van der Waals surface area contributed by atoms with Gasteiger partial charge in [0, 0.05) is 24.7 Å². The van der Waals surface area contributed by atoms with Gasteiger partial charge in [-0.25, -0.2) is 9.97 Å². The maximum atomic E-state index is 5.95. The fourth-order valence-electron chi connectivity index (χ4n) is 2.39. The third kappa shape index (κ3) is 2.42. The molecule has 20 heavy (non-hydrogen) atoms. The Morgan fingerprint density at radius 1 is 1.30 bits per heavy atom. The normalized spacial score (nSPS) is 21.2. The summed E-state index contributed by atoms with van der Waals surface area (Å²) in [7, 11) is 1.87. The quantitative estimate of drug-likeness (QED) is 0.912. The van der Waals surface area contributed by atoms with Crippen LogP contribution in [0, 0.1) is 5.92 Å². The van der Waals surface area contributed by atoms with Crippen LogP contribution in [0.2, 0.25) is 0 Å². The van der Waals surface area contributed by atoms with E-state index in [-0.39, 0.29) is 0 Å². The number of rotatable bonds is 4. The summed E-state index contributed by atoms with van der Waals surface area (Å²) in [6.45, 7) is 6.51. The van der Waals surface area contributed by atoms with Crippen LogP contribution in [0.15, 0.2) is 22.6 Å². The smallest absolute Gasteiger partial charge is 0.197 e. The van der Waals surface area contributed by atoms with Gasteiger partial charge >= 0.3 is 0 Å². The standard InChI is InChI=1S/C16H21N3O/c1-9(2)12-8-15(17-4)19-16(18-12)14-6-5-13(20-14)11-7-10(11)3/h5-6,8-11H,7H2,1-4H3,(H,17,18,19). The van der Waals surface area contributed by atoms with E-state index in [2.05, 4.69) is 42.1 Å². The maximum Gasteiger partial charge on any atom is 0.197 e. The third-order valence-electron chi connectivity index (χ3n) is 3.92. The van der Waals surface area contributed by atoms with Crippen LogP contribution in [0.1, 0.15) is 50.5 Å². The van der Waals surface area contributed by atoms with Crippen molar-refractivity contribution in [1.82, 2.24) is 9.97 Å². The molecule has 0 saturated heterocycles. The second-order valence-corrected chi connectivity index (χ2v) is 5.93. The van der Waals surface area contributed by atoms with E-state index < -0.39 is 0 Å². The first-order chi connectivity index (χ1) is 9.58. The van der Waals surface area contributed by atoms with E-state index in [4.69, 9.17) is 4.42 Å². The number of nitrogens with one attached hydrogen (secondary N) is 1. The summed E-state index contributed by atoms with van der Waals surface area (Å²) >= 11 is 0. The van der Waals surface area contributed by atoms with Crippen molar-refractivity contribution in [3.8, 4) is 11.6 Å². The molecule has 4 nitrogen and oxygen atoms in total. The summed E-state index contributed by atoms with van der Waals surface area (Å²) < 4.78 is 5.95. The molecule has 2 aromatic rings. The molecule has 1 aliphatic rings. The number of nitrogens with zero attached hydrogens (tertiary/aromatic N) is 2. The van der Waals surface area contributed by atoms with Crippen molar-refractivity contribution in [1.29, 1.82) is 0 Å². The Kier molecular flexibility index (Phi) is 3.24. The van der Waals surface area contributed by atoms with Gasteiger partial charge in [-0.1, -0.05) is 20.8 Å². The molecule has 1 aliphatic carbocycles. The Labute approximate surface area is 119 Å². The van der Waals surface area contributed by atoms with Crippen LogP contribution in [-0.2, 0) is 0 Å².